The van der Waals surface area contributed by atoms with E-state index < -0.39 is 34.7 Å². The first kappa shape index (κ1) is 15.9. The summed E-state index contributed by atoms with van der Waals surface area (Å²) in [5.41, 5.74) is 7.55. The fraction of sp³-hybridized carbons (Fsp3) is 0.250. The molecule has 3 rings (SSSR count). The average Bonchev–Trinajstić information content (AvgIpc) is 3.11. The number of hydrogen-bond donors (Lipinski definition) is 1. The van der Waals surface area contributed by atoms with Crippen molar-refractivity contribution in [3.8, 4) is 0 Å². The maximum absolute atomic E-state index is 12.4. The van der Waals surface area contributed by atoms with E-state index in [9.17, 15) is 13.8 Å². The van der Waals surface area contributed by atoms with Crippen LogP contribution in [0.15, 0.2) is 39.9 Å². The molecule has 1 heterocycles. The van der Waals surface area contributed by atoms with E-state index in [4.69, 9.17) is 10.5 Å². The zero-order valence-electron chi connectivity index (χ0n) is 12.4. The van der Waals surface area contributed by atoms with Crippen LogP contribution in [0.2, 0.25) is 0 Å². The number of ether oxygens (including phenoxy) is 1. The molecule has 5 nitrogen and oxygen atoms in total. The Labute approximate surface area is 139 Å². The molecule has 120 valence electrons. The van der Waals surface area contributed by atoms with E-state index in [1.165, 1.54) is 17.6 Å². The van der Waals surface area contributed by atoms with Gasteiger partial charge in [0.2, 0.25) is 5.91 Å². The Hall–Kier alpha value is -1.99. The number of benzene rings is 1. The second-order valence-corrected chi connectivity index (χ2v) is 7.79. The van der Waals surface area contributed by atoms with E-state index in [-0.39, 0.29) is 5.56 Å². The predicted molar refractivity (Wildman–Crippen MR) is 87.9 cm³/mol. The summed E-state index contributed by atoms with van der Waals surface area (Å²) in [6, 6.07) is 9.02. The van der Waals surface area contributed by atoms with Gasteiger partial charge in [-0.3, -0.25) is 9.00 Å². The molecule has 1 aromatic carbocycles. The fourth-order valence-electron chi connectivity index (χ4n) is 2.87. The Morgan fingerprint density at radius 3 is 2.74 bits per heavy atom. The summed E-state index contributed by atoms with van der Waals surface area (Å²) in [5, 5.41) is 1.70. The van der Waals surface area contributed by atoms with Gasteiger partial charge < -0.3 is 10.5 Å². The number of primary amides is 1. The van der Waals surface area contributed by atoms with Crippen LogP contribution in [-0.4, -0.2) is 28.4 Å². The Kier molecular flexibility index (Phi) is 4.32. The van der Waals surface area contributed by atoms with Gasteiger partial charge in [-0.15, -0.1) is 11.3 Å². The Morgan fingerprint density at radius 2 is 2.04 bits per heavy atom. The molecule has 3 atom stereocenters. The monoisotopic (exact) mass is 349 g/mol. The fourth-order valence-corrected chi connectivity index (χ4v) is 4.65. The third kappa shape index (κ3) is 2.94. The van der Waals surface area contributed by atoms with Gasteiger partial charge in [0.1, 0.15) is 16.2 Å². The van der Waals surface area contributed by atoms with E-state index in [1.807, 2.05) is 24.3 Å². The number of nitrogens with two attached hydrogens (primary N) is 1. The van der Waals surface area contributed by atoms with Gasteiger partial charge in [0.25, 0.3) is 0 Å². The summed E-state index contributed by atoms with van der Waals surface area (Å²) in [4.78, 5) is 24.2. The van der Waals surface area contributed by atoms with Crippen molar-refractivity contribution in [2.24, 2.45) is 5.73 Å². The van der Waals surface area contributed by atoms with E-state index in [0.29, 0.717) is 10.6 Å². The van der Waals surface area contributed by atoms with Crippen molar-refractivity contribution in [1.29, 1.82) is 0 Å². The molecule has 0 radical (unpaired) electrons. The topological polar surface area (TPSA) is 86.5 Å². The molecule has 1 aliphatic rings. The first-order valence-corrected chi connectivity index (χ1v) is 9.42. The van der Waals surface area contributed by atoms with Gasteiger partial charge in [-0.05, 0) is 22.6 Å². The number of thiophene rings is 1. The summed E-state index contributed by atoms with van der Waals surface area (Å²) in [7, 11) is -1.26. The molecule has 1 aliphatic carbocycles. The van der Waals surface area contributed by atoms with Crippen LogP contribution in [0.5, 0.6) is 0 Å². The molecular weight excluding hydrogens is 334 g/mol. The van der Waals surface area contributed by atoms with Crippen molar-refractivity contribution < 1.29 is 18.5 Å². The van der Waals surface area contributed by atoms with Crippen LogP contribution in [0.25, 0.3) is 0 Å². The van der Waals surface area contributed by atoms with Gasteiger partial charge in [0.15, 0.2) is 0 Å². The van der Waals surface area contributed by atoms with Crippen molar-refractivity contribution in [3.05, 3.63) is 52.4 Å². The first-order chi connectivity index (χ1) is 11.0. The normalized spacial score (nSPS) is 20.7. The minimum Gasteiger partial charge on any atom is -0.457 e. The second kappa shape index (κ2) is 6.25. The summed E-state index contributed by atoms with van der Waals surface area (Å²) >= 11 is 1.25. The molecule has 0 saturated carbocycles. The smallest absolute Gasteiger partial charge is 0.340 e. The number of esters is 1. The molecular formula is C16H15NO4S2. The van der Waals surface area contributed by atoms with Crippen molar-refractivity contribution in [1.82, 2.24) is 0 Å². The number of amides is 1. The third-order valence-corrected chi connectivity index (χ3v) is 6.30. The molecule has 0 bridgehead atoms. The Bertz CT molecular complexity index is 799. The lowest BCUT2D eigenvalue weighted by Gasteiger charge is -2.18. The van der Waals surface area contributed by atoms with Crippen LogP contribution in [0, 0.1) is 0 Å². The lowest BCUT2D eigenvalue weighted by Crippen LogP contribution is -2.32. The van der Waals surface area contributed by atoms with Crippen molar-refractivity contribution in [2.45, 2.75) is 22.7 Å². The zero-order valence-corrected chi connectivity index (χ0v) is 14.0. The van der Waals surface area contributed by atoms with Gasteiger partial charge in [0.05, 0.1) is 16.4 Å². The first-order valence-electron chi connectivity index (χ1n) is 6.98. The number of carbonyl (C=O) groups excluding carboxylic acids is 2. The highest BCUT2D eigenvalue weighted by Gasteiger charge is 2.39. The molecule has 2 N–H and O–H groups in total. The molecule has 3 unspecified atom stereocenters. The molecule has 7 heteroatoms. The van der Waals surface area contributed by atoms with Gasteiger partial charge in [-0.25, -0.2) is 4.79 Å². The van der Waals surface area contributed by atoms with Crippen LogP contribution >= 0.6 is 11.3 Å². The molecule has 0 fully saturated rings. The summed E-state index contributed by atoms with van der Waals surface area (Å²) < 4.78 is 17.7. The summed E-state index contributed by atoms with van der Waals surface area (Å²) in [6.07, 6.45) is 1.33. The molecule has 23 heavy (non-hydrogen) atoms. The highest BCUT2D eigenvalue weighted by Crippen LogP contribution is 2.35. The molecule has 1 aromatic heterocycles. The van der Waals surface area contributed by atoms with Crippen LogP contribution in [0.4, 0.5) is 0 Å². The Morgan fingerprint density at radius 1 is 1.30 bits per heavy atom. The number of rotatable bonds is 4. The minimum absolute atomic E-state index is 0.287. The third-order valence-electron chi connectivity index (χ3n) is 3.86. The number of fused-ring (bicyclic) bond motifs is 1. The van der Waals surface area contributed by atoms with Crippen LogP contribution < -0.4 is 5.73 Å². The van der Waals surface area contributed by atoms with E-state index in [2.05, 4.69) is 0 Å². The quantitative estimate of drug-likeness (QED) is 0.853. The summed E-state index contributed by atoms with van der Waals surface area (Å²) in [5.74, 6) is -1.73. The summed E-state index contributed by atoms with van der Waals surface area (Å²) in [6.45, 7) is 0. The van der Waals surface area contributed by atoms with Gasteiger partial charge in [0, 0.05) is 12.7 Å². The number of hydrogen-bond acceptors (Lipinski definition) is 5. The lowest BCUT2D eigenvalue weighted by molar-refractivity contribution is -0.121. The average molecular weight is 349 g/mol. The van der Waals surface area contributed by atoms with E-state index >= 15 is 0 Å². The van der Waals surface area contributed by atoms with Gasteiger partial charge in [-0.2, -0.15) is 0 Å². The molecule has 0 saturated heterocycles. The minimum atomic E-state index is -1.26. The van der Waals surface area contributed by atoms with E-state index in [0.717, 1.165) is 11.1 Å². The lowest BCUT2D eigenvalue weighted by atomic mass is 9.99. The maximum Gasteiger partial charge on any atom is 0.340 e. The van der Waals surface area contributed by atoms with Crippen molar-refractivity contribution in [2.75, 3.05) is 6.26 Å². The van der Waals surface area contributed by atoms with Crippen LogP contribution in [0.1, 0.15) is 27.4 Å². The molecule has 1 amide bonds. The highest BCUT2D eigenvalue weighted by atomic mass is 32.2. The molecule has 0 aliphatic heterocycles. The van der Waals surface area contributed by atoms with E-state index in [1.54, 1.807) is 11.4 Å². The molecule has 2 aromatic rings. The maximum atomic E-state index is 12.4. The van der Waals surface area contributed by atoms with Gasteiger partial charge in [-0.1, -0.05) is 24.3 Å². The van der Waals surface area contributed by atoms with Crippen LogP contribution in [-0.2, 0) is 26.8 Å². The largest absolute Gasteiger partial charge is 0.457 e. The number of carbonyl (C=O) groups is 2. The second-order valence-electron chi connectivity index (χ2n) is 5.30. The standard InChI is InChI=1S/C16H15NO4S2/c1-23(20)16-11(6-7-22-16)15(19)21-12-8-9-4-2-3-5-10(9)13(12)14(17)18/h2-7,12-13H,8H2,1H3,(H2,17,18). The van der Waals surface area contributed by atoms with Gasteiger partial charge >= 0.3 is 5.97 Å². The highest BCUT2D eigenvalue weighted by molar-refractivity contribution is 7.86. The SMILES string of the molecule is CS(=O)c1sccc1C(=O)OC1Cc2ccccc2C1C(N)=O. The van der Waals surface area contributed by atoms with Crippen molar-refractivity contribution >= 4 is 34.0 Å². The zero-order chi connectivity index (χ0) is 16.6. The van der Waals surface area contributed by atoms with Crippen LogP contribution in [0.3, 0.4) is 0 Å². The predicted octanol–water partition coefficient (Wildman–Crippen LogP) is 1.84. The molecule has 0 spiro atoms. The van der Waals surface area contributed by atoms with Crippen molar-refractivity contribution in [3.63, 3.8) is 0 Å². The Balaban J connectivity index is 1.85.